The molecule has 5 heteroatoms. The van der Waals surface area contributed by atoms with Crippen LogP contribution >= 0.6 is 34.2 Å². The highest BCUT2D eigenvalue weighted by atomic mass is 127. The van der Waals surface area contributed by atoms with Crippen molar-refractivity contribution in [3.8, 4) is 0 Å². The third-order valence-corrected chi connectivity index (χ3v) is 5.50. The molecule has 0 bridgehead atoms. The quantitative estimate of drug-likeness (QED) is 0.401. The maximum atomic E-state index is 13.1. The van der Waals surface area contributed by atoms with E-state index in [1.54, 1.807) is 6.08 Å². The predicted molar refractivity (Wildman–Crippen MR) is 118 cm³/mol. The van der Waals surface area contributed by atoms with Crippen molar-refractivity contribution in [2.24, 2.45) is 0 Å². The van der Waals surface area contributed by atoms with E-state index in [-0.39, 0.29) is 5.91 Å². The van der Waals surface area contributed by atoms with Gasteiger partial charge < -0.3 is 5.32 Å². The zero-order valence-electron chi connectivity index (χ0n) is 15.7. The number of nitrogens with one attached hydrogen (secondary N) is 1. The van der Waals surface area contributed by atoms with Crippen molar-refractivity contribution >= 4 is 45.8 Å². The molecule has 1 aromatic heterocycles. The minimum Gasteiger partial charge on any atom is -0.321 e. The predicted octanol–water partition coefficient (Wildman–Crippen LogP) is 6.06. The number of nitrogens with zero attached hydrogens (tertiary/aromatic N) is 1. The normalized spacial score (nSPS) is 10.7. The van der Waals surface area contributed by atoms with E-state index >= 15 is 0 Å². The number of hydrogen-bond acceptors (Lipinski definition) is 2. The van der Waals surface area contributed by atoms with Crippen molar-refractivity contribution < 1.29 is 4.79 Å². The number of carbonyl (C=O) groups excluding carboxylic acids is 1. The Hall–Kier alpha value is -1.40. The lowest BCUT2D eigenvalue weighted by atomic mass is 10.0. The fraction of sp³-hybridized carbons (Fsp3) is 0.333. The minimum absolute atomic E-state index is 0.212. The third kappa shape index (κ3) is 4.29. The Morgan fingerprint density at radius 2 is 1.81 bits per heavy atom. The monoisotopic (exact) mass is 482 g/mol. The van der Waals surface area contributed by atoms with Gasteiger partial charge in [0.25, 0.3) is 5.91 Å². The van der Waals surface area contributed by atoms with E-state index in [4.69, 9.17) is 11.6 Å². The Morgan fingerprint density at radius 3 is 2.31 bits per heavy atom. The Bertz CT molecular complexity index is 837. The van der Waals surface area contributed by atoms with Crippen molar-refractivity contribution in [3.05, 3.63) is 67.0 Å². The second-order valence-electron chi connectivity index (χ2n) is 6.20. The minimum atomic E-state index is -0.212. The molecule has 0 saturated heterocycles. The van der Waals surface area contributed by atoms with Gasteiger partial charge in [0.05, 0.1) is 16.3 Å². The zero-order chi connectivity index (χ0) is 19.4. The summed E-state index contributed by atoms with van der Waals surface area (Å²) in [5, 5.41) is 3.57. The summed E-state index contributed by atoms with van der Waals surface area (Å²) in [6.07, 6.45) is 4.05. The summed E-state index contributed by atoms with van der Waals surface area (Å²) in [5.41, 5.74) is 5.91. The molecule has 0 saturated carbocycles. The van der Waals surface area contributed by atoms with Crippen LogP contribution in [0.3, 0.4) is 0 Å². The molecule has 0 atom stereocenters. The van der Waals surface area contributed by atoms with Crippen LogP contribution in [0.5, 0.6) is 0 Å². The molecule has 1 heterocycles. The van der Waals surface area contributed by atoms with Gasteiger partial charge >= 0.3 is 0 Å². The van der Waals surface area contributed by atoms with E-state index in [9.17, 15) is 4.79 Å². The lowest BCUT2D eigenvalue weighted by Gasteiger charge is -2.18. The standard InChI is InChI=1S/C21H24ClIN2O/c1-6-9-17-12(4)24-13(5)18(19(17)22)21(26)25-20-14(7-2)10-16(23)11-15(20)8-3/h6,10-11H,1,7-9H2,2-5H3,(H,25,26). The number of halogens is 2. The van der Waals surface area contributed by atoms with Crippen LogP contribution in [0.15, 0.2) is 24.8 Å². The van der Waals surface area contributed by atoms with Gasteiger partial charge in [-0.15, -0.1) is 6.58 Å². The number of rotatable bonds is 6. The number of hydrogen-bond donors (Lipinski definition) is 1. The highest BCUT2D eigenvalue weighted by Gasteiger charge is 2.21. The first-order chi connectivity index (χ1) is 12.3. The average molecular weight is 483 g/mol. The average Bonchev–Trinajstić information content (AvgIpc) is 2.59. The molecule has 0 radical (unpaired) electrons. The van der Waals surface area contributed by atoms with Crippen LogP contribution in [-0.2, 0) is 19.3 Å². The topological polar surface area (TPSA) is 42.0 Å². The summed E-state index contributed by atoms with van der Waals surface area (Å²) in [7, 11) is 0. The van der Waals surface area contributed by atoms with Gasteiger partial charge in [0, 0.05) is 15.0 Å². The maximum Gasteiger partial charge on any atom is 0.259 e. The molecule has 1 N–H and O–H groups in total. The van der Waals surface area contributed by atoms with Gasteiger partial charge in [0.1, 0.15) is 0 Å². The fourth-order valence-electron chi connectivity index (χ4n) is 3.11. The van der Waals surface area contributed by atoms with Gasteiger partial charge in [-0.1, -0.05) is 31.5 Å². The molecule has 0 aliphatic rings. The molecule has 3 nitrogen and oxygen atoms in total. The van der Waals surface area contributed by atoms with Gasteiger partial charge in [0.2, 0.25) is 0 Å². The zero-order valence-corrected chi connectivity index (χ0v) is 18.6. The molecule has 0 fully saturated rings. The fourth-order valence-corrected chi connectivity index (χ4v) is 4.30. The number of anilines is 1. The van der Waals surface area contributed by atoms with Gasteiger partial charge in [-0.3, -0.25) is 9.78 Å². The van der Waals surface area contributed by atoms with E-state index in [1.165, 1.54) is 3.57 Å². The van der Waals surface area contributed by atoms with Crippen LogP contribution < -0.4 is 5.32 Å². The maximum absolute atomic E-state index is 13.1. The molecule has 2 rings (SSSR count). The molecule has 1 amide bonds. The molecule has 26 heavy (non-hydrogen) atoms. The summed E-state index contributed by atoms with van der Waals surface area (Å²) in [5.74, 6) is -0.212. The van der Waals surface area contributed by atoms with E-state index in [0.717, 1.165) is 40.9 Å². The number of carbonyl (C=O) groups is 1. The highest BCUT2D eigenvalue weighted by Crippen LogP contribution is 2.30. The number of aromatic nitrogens is 1. The number of amides is 1. The highest BCUT2D eigenvalue weighted by molar-refractivity contribution is 14.1. The number of allylic oxidation sites excluding steroid dienone is 1. The number of pyridine rings is 1. The van der Waals surface area contributed by atoms with Crippen LogP contribution in [0, 0.1) is 17.4 Å². The molecule has 0 aliphatic carbocycles. The first-order valence-corrected chi connectivity index (χ1v) is 10.2. The van der Waals surface area contributed by atoms with Gasteiger partial charge in [-0.05, 0) is 84.5 Å². The molecule has 0 spiro atoms. The van der Waals surface area contributed by atoms with Crippen molar-refractivity contribution in [3.63, 3.8) is 0 Å². The van der Waals surface area contributed by atoms with Crippen LogP contribution in [0.4, 0.5) is 5.69 Å². The number of benzene rings is 1. The Labute approximate surface area is 174 Å². The van der Waals surface area contributed by atoms with Gasteiger partial charge in [-0.2, -0.15) is 0 Å². The van der Waals surface area contributed by atoms with Crippen LogP contribution in [-0.4, -0.2) is 10.9 Å². The second-order valence-corrected chi connectivity index (χ2v) is 7.83. The summed E-state index contributed by atoms with van der Waals surface area (Å²) in [4.78, 5) is 17.6. The molecule has 2 aromatic rings. The molecule has 1 aromatic carbocycles. The molecular formula is C21H24ClIN2O. The van der Waals surface area contributed by atoms with Crippen molar-refractivity contribution in [1.29, 1.82) is 0 Å². The smallest absolute Gasteiger partial charge is 0.259 e. The summed E-state index contributed by atoms with van der Waals surface area (Å²) < 4.78 is 1.17. The number of aryl methyl sites for hydroxylation is 4. The second kappa shape index (κ2) is 9.00. The Kier molecular flexibility index (Phi) is 7.24. The first-order valence-electron chi connectivity index (χ1n) is 8.73. The van der Waals surface area contributed by atoms with E-state index in [0.29, 0.717) is 22.7 Å². The van der Waals surface area contributed by atoms with Gasteiger partial charge in [0.15, 0.2) is 0 Å². The largest absolute Gasteiger partial charge is 0.321 e. The molecule has 138 valence electrons. The van der Waals surface area contributed by atoms with E-state index in [2.05, 4.69) is 65.5 Å². The first kappa shape index (κ1) is 20.9. The third-order valence-electron chi connectivity index (χ3n) is 4.46. The lowest BCUT2D eigenvalue weighted by Crippen LogP contribution is -2.18. The Morgan fingerprint density at radius 1 is 1.23 bits per heavy atom. The van der Waals surface area contributed by atoms with Crippen LogP contribution in [0.2, 0.25) is 5.02 Å². The molecule has 0 aliphatic heterocycles. The summed E-state index contributed by atoms with van der Waals surface area (Å²) in [6, 6.07) is 4.22. The van der Waals surface area contributed by atoms with Crippen molar-refractivity contribution in [2.45, 2.75) is 47.0 Å². The molecular weight excluding hydrogens is 459 g/mol. The van der Waals surface area contributed by atoms with Crippen molar-refractivity contribution in [1.82, 2.24) is 4.98 Å². The molecule has 0 unspecified atom stereocenters. The van der Waals surface area contributed by atoms with Crippen LogP contribution in [0.25, 0.3) is 0 Å². The van der Waals surface area contributed by atoms with E-state index in [1.807, 2.05) is 13.8 Å². The van der Waals surface area contributed by atoms with Crippen LogP contribution in [0.1, 0.15) is 52.3 Å². The lowest BCUT2D eigenvalue weighted by molar-refractivity contribution is 0.102. The Balaban J connectivity index is 2.52. The van der Waals surface area contributed by atoms with Crippen molar-refractivity contribution in [2.75, 3.05) is 5.32 Å². The van der Waals surface area contributed by atoms with Gasteiger partial charge in [-0.25, -0.2) is 0 Å². The SMILES string of the molecule is C=CCc1c(C)nc(C)c(C(=O)Nc2c(CC)cc(I)cc2CC)c1Cl. The summed E-state index contributed by atoms with van der Waals surface area (Å²) >= 11 is 8.90. The van der Waals surface area contributed by atoms with E-state index < -0.39 is 0 Å². The summed E-state index contributed by atoms with van der Waals surface area (Å²) in [6.45, 7) is 11.7.